The molecule has 0 saturated carbocycles. The van der Waals surface area contributed by atoms with Gasteiger partial charge in [0, 0.05) is 19.0 Å². The number of imide groups is 1. The van der Waals surface area contributed by atoms with Crippen molar-refractivity contribution in [3.8, 4) is 0 Å². The van der Waals surface area contributed by atoms with Crippen molar-refractivity contribution in [1.82, 2.24) is 10.2 Å². The van der Waals surface area contributed by atoms with E-state index in [1.165, 1.54) is 6.92 Å². The van der Waals surface area contributed by atoms with Gasteiger partial charge in [0.2, 0.25) is 0 Å². The first-order chi connectivity index (χ1) is 14.9. The van der Waals surface area contributed by atoms with Crippen LogP contribution in [0, 0.1) is 0 Å². The first-order valence-electron chi connectivity index (χ1n) is 10.4. The monoisotopic (exact) mass is 422 g/mol. The number of rotatable bonds is 9. The van der Waals surface area contributed by atoms with Crippen molar-refractivity contribution in [3.63, 3.8) is 0 Å². The Balaban J connectivity index is 1.45. The topological polar surface area (TPSA) is 92.8 Å². The van der Waals surface area contributed by atoms with E-state index in [-0.39, 0.29) is 24.8 Å². The molecular formula is C24H26N2O5. The third-order valence-electron chi connectivity index (χ3n) is 5.38. The Kier molecular flexibility index (Phi) is 7.18. The lowest BCUT2D eigenvalue weighted by atomic mass is 9.96. The number of nitrogens with zero attached hydrogens (tertiary/aromatic N) is 1. The van der Waals surface area contributed by atoms with Crippen LogP contribution in [-0.4, -0.2) is 47.8 Å². The Bertz CT molecular complexity index is 938. The standard InChI is InChI=1S/C24H26N2O5/c1-3-17(18-9-5-4-6-10-18)15-25-22(28)16(2)31-21(27)13-14-26-23(29)19-11-7-8-12-20(19)24(26)30/h4-12,16-17H,3,13-15H2,1-2H3,(H,25,28)/t16-,17+/m0/s1. The van der Waals surface area contributed by atoms with E-state index in [0.717, 1.165) is 16.9 Å². The molecule has 0 aliphatic carbocycles. The minimum absolute atomic E-state index is 0.0918. The van der Waals surface area contributed by atoms with Crippen LogP contribution in [0.15, 0.2) is 54.6 Å². The van der Waals surface area contributed by atoms with E-state index in [4.69, 9.17) is 4.74 Å². The molecule has 0 radical (unpaired) electrons. The van der Waals surface area contributed by atoms with Gasteiger partial charge in [-0.2, -0.15) is 0 Å². The molecule has 0 fully saturated rings. The Morgan fingerprint density at radius 3 is 2.13 bits per heavy atom. The zero-order valence-corrected chi connectivity index (χ0v) is 17.7. The van der Waals surface area contributed by atoms with E-state index in [2.05, 4.69) is 5.32 Å². The molecule has 2 aromatic carbocycles. The third kappa shape index (κ3) is 5.17. The summed E-state index contributed by atoms with van der Waals surface area (Å²) in [6.45, 7) is 3.90. The number of esters is 1. The second kappa shape index (κ2) is 10.0. The molecule has 2 aromatic rings. The summed E-state index contributed by atoms with van der Waals surface area (Å²) >= 11 is 0. The van der Waals surface area contributed by atoms with Gasteiger partial charge in [0.1, 0.15) is 0 Å². The predicted octanol–water partition coefficient (Wildman–Crippen LogP) is 2.91. The number of amides is 3. The molecule has 1 aliphatic heterocycles. The van der Waals surface area contributed by atoms with Gasteiger partial charge in [-0.1, -0.05) is 49.4 Å². The van der Waals surface area contributed by atoms with Crippen molar-refractivity contribution in [2.24, 2.45) is 0 Å². The fourth-order valence-corrected chi connectivity index (χ4v) is 3.55. The molecule has 2 atom stereocenters. The normalized spacial score (nSPS) is 14.7. The number of fused-ring (bicyclic) bond motifs is 1. The summed E-state index contributed by atoms with van der Waals surface area (Å²) in [5.41, 5.74) is 1.80. The van der Waals surface area contributed by atoms with Crippen molar-refractivity contribution in [1.29, 1.82) is 0 Å². The highest BCUT2D eigenvalue weighted by molar-refractivity contribution is 6.21. The van der Waals surface area contributed by atoms with Crippen LogP contribution in [0.3, 0.4) is 0 Å². The van der Waals surface area contributed by atoms with Crippen molar-refractivity contribution < 1.29 is 23.9 Å². The molecule has 7 heteroatoms. The lowest BCUT2D eigenvalue weighted by molar-refractivity contribution is -0.154. The van der Waals surface area contributed by atoms with E-state index >= 15 is 0 Å². The van der Waals surface area contributed by atoms with Gasteiger partial charge < -0.3 is 10.1 Å². The highest BCUT2D eigenvalue weighted by Crippen LogP contribution is 2.22. The van der Waals surface area contributed by atoms with E-state index in [9.17, 15) is 19.2 Å². The van der Waals surface area contributed by atoms with Crippen LogP contribution in [0.2, 0.25) is 0 Å². The molecule has 1 aliphatic rings. The molecule has 1 heterocycles. The first kappa shape index (κ1) is 22.2. The number of nitrogens with one attached hydrogen (secondary N) is 1. The van der Waals surface area contributed by atoms with Crippen LogP contribution in [0.1, 0.15) is 58.9 Å². The summed E-state index contributed by atoms with van der Waals surface area (Å²) in [6.07, 6.45) is -0.286. The van der Waals surface area contributed by atoms with Gasteiger partial charge in [-0.25, -0.2) is 0 Å². The fraction of sp³-hybridized carbons (Fsp3) is 0.333. The van der Waals surface area contributed by atoms with Crippen LogP contribution in [0.25, 0.3) is 0 Å². The largest absolute Gasteiger partial charge is 0.452 e. The lowest BCUT2D eigenvalue weighted by Gasteiger charge is -2.19. The summed E-state index contributed by atoms with van der Waals surface area (Å²) in [6, 6.07) is 16.4. The van der Waals surface area contributed by atoms with Gasteiger partial charge in [0.15, 0.2) is 6.10 Å². The molecule has 0 unspecified atom stereocenters. The number of benzene rings is 2. The Morgan fingerprint density at radius 2 is 1.55 bits per heavy atom. The predicted molar refractivity (Wildman–Crippen MR) is 114 cm³/mol. The van der Waals surface area contributed by atoms with Crippen molar-refractivity contribution in [2.75, 3.05) is 13.1 Å². The second-order valence-electron chi connectivity index (χ2n) is 7.45. The van der Waals surface area contributed by atoms with Crippen molar-refractivity contribution in [3.05, 3.63) is 71.3 Å². The van der Waals surface area contributed by atoms with Gasteiger partial charge in [0.25, 0.3) is 17.7 Å². The molecule has 0 aromatic heterocycles. The van der Waals surface area contributed by atoms with E-state index in [1.54, 1.807) is 24.3 Å². The second-order valence-corrected chi connectivity index (χ2v) is 7.45. The molecule has 0 bridgehead atoms. The first-order valence-corrected chi connectivity index (χ1v) is 10.4. The number of hydrogen-bond donors (Lipinski definition) is 1. The minimum Gasteiger partial charge on any atom is -0.452 e. The van der Waals surface area contributed by atoms with Gasteiger partial charge >= 0.3 is 5.97 Å². The molecule has 0 spiro atoms. The number of carbonyl (C=O) groups excluding carboxylic acids is 4. The average Bonchev–Trinajstić information content (AvgIpc) is 3.03. The quantitative estimate of drug-likeness (QED) is 0.495. The van der Waals surface area contributed by atoms with Gasteiger partial charge in [-0.15, -0.1) is 0 Å². The smallest absolute Gasteiger partial charge is 0.308 e. The molecule has 3 rings (SSSR count). The highest BCUT2D eigenvalue weighted by atomic mass is 16.5. The third-order valence-corrected chi connectivity index (χ3v) is 5.38. The highest BCUT2D eigenvalue weighted by Gasteiger charge is 2.35. The van der Waals surface area contributed by atoms with Gasteiger partial charge in [-0.3, -0.25) is 24.1 Å². The zero-order chi connectivity index (χ0) is 22.4. The van der Waals surface area contributed by atoms with Gasteiger partial charge in [-0.05, 0) is 31.0 Å². The average molecular weight is 422 g/mol. The maximum Gasteiger partial charge on any atom is 0.308 e. The molecule has 1 N–H and O–H groups in total. The summed E-state index contributed by atoms with van der Waals surface area (Å²) < 4.78 is 5.19. The Labute approximate surface area is 181 Å². The molecular weight excluding hydrogens is 396 g/mol. The molecule has 162 valence electrons. The summed E-state index contributed by atoms with van der Waals surface area (Å²) in [7, 11) is 0. The van der Waals surface area contributed by atoms with Gasteiger partial charge in [0.05, 0.1) is 17.5 Å². The number of hydrogen-bond acceptors (Lipinski definition) is 5. The maximum absolute atomic E-state index is 12.3. The Hall–Kier alpha value is -3.48. The number of carbonyl (C=O) groups is 4. The number of ether oxygens (including phenoxy) is 1. The van der Waals surface area contributed by atoms with E-state index in [0.29, 0.717) is 17.7 Å². The molecule has 7 nitrogen and oxygen atoms in total. The zero-order valence-electron chi connectivity index (χ0n) is 17.7. The van der Waals surface area contributed by atoms with Crippen molar-refractivity contribution >= 4 is 23.7 Å². The molecule has 3 amide bonds. The van der Waals surface area contributed by atoms with E-state index < -0.39 is 23.9 Å². The summed E-state index contributed by atoms with van der Waals surface area (Å²) in [4.78, 5) is 50.2. The maximum atomic E-state index is 12.3. The lowest BCUT2D eigenvalue weighted by Crippen LogP contribution is -2.38. The SMILES string of the molecule is CC[C@H](CNC(=O)[C@H](C)OC(=O)CCN1C(=O)c2ccccc2C1=O)c1ccccc1. The minimum atomic E-state index is -0.969. The molecule has 0 saturated heterocycles. The van der Waals surface area contributed by atoms with Crippen LogP contribution in [0.4, 0.5) is 0 Å². The van der Waals surface area contributed by atoms with Crippen LogP contribution >= 0.6 is 0 Å². The van der Waals surface area contributed by atoms with E-state index in [1.807, 2.05) is 37.3 Å². The van der Waals surface area contributed by atoms with Crippen LogP contribution < -0.4 is 5.32 Å². The summed E-state index contributed by atoms with van der Waals surface area (Å²) in [5, 5.41) is 2.83. The fourth-order valence-electron chi connectivity index (χ4n) is 3.55. The van der Waals surface area contributed by atoms with Crippen LogP contribution in [0.5, 0.6) is 0 Å². The summed E-state index contributed by atoms with van der Waals surface area (Å²) in [5.74, 6) is -1.71. The Morgan fingerprint density at radius 1 is 0.968 bits per heavy atom. The van der Waals surface area contributed by atoms with Crippen molar-refractivity contribution in [2.45, 2.75) is 38.7 Å². The van der Waals surface area contributed by atoms with Crippen LogP contribution in [-0.2, 0) is 14.3 Å². The molecule has 31 heavy (non-hydrogen) atoms.